The highest BCUT2D eigenvalue weighted by molar-refractivity contribution is 9.10. The molecule has 0 N–H and O–H groups in total. The van der Waals surface area contributed by atoms with Gasteiger partial charge in [0.25, 0.3) is 0 Å². The normalized spacial score (nSPS) is 20.0. The molecule has 0 aliphatic carbocycles. The minimum atomic E-state index is -0.450. The van der Waals surface area contributed by atoms with Gasteiger partial charge in [-0.2, -0.15) is 0 Å². The van der Waals surface area contributed by atoms with E-state index in [-0.39, 0.29) is 5.78 Å². The minimum Gasteiger partial charge on any atom is -0.291 e. The molecule has 2 heterocycles. The van der Waals surface area contributed by atoms with Crippen LogP contribution in [-0.2, 0) is 7.05 Å². The summed E-state index contributed by atoms with van der Waals surface area (Å²) in [6.07, 6.45) is 3.14. The smallest absolute Gasteiger partial charge is 0.203 e. The van der Waals surface area contributed by atoms with Gasteiger partial charge in [0.1, 0.15) is 5.69 Å². The van der Waals surface area contributed by atoms with Crippen molar-refractivity contribution in [2.75, 3.05) is 13.1 Å². The number of aryl methyl sites for hydroxylation is 1. The van der Waals surface area contributed by atoms with E-state index in [0.29, 0.717) is 10.3 Å². The van der Waals surface area contributed by atoms with Gasteiger partial charge in [0.15, 0.2) is 4.60 Å². The number of aromatic nitrogens is 3. The van der Waals surface area contributed by atoms with Crippen molar-refractivity contribution in [2.45, 2.75) is 38.6 Å². The summed E-state index contributed by atoms with van der Waals surface area (Å²) < 4.78 is 2.09. The molecule has 0 radical (unpaired) electrons. The first kappa shape index (κ1) is 13.7. The first-order valence-corrected chi connectivity index (χ1v) is 7.15. The van der Waals surface area contributed by atoms with Crippen molar-refractivity contribution >= 4 is 21.7 Å². The van der Waals surface area contributed by atoms with E-state index in [1.165, 1.54) is 12.8 Å². The summed E-state index contributed by atoms with van der Waals surface area (Å²) in [5.74, 6) is 0.103. The Bertz CT molecular complexity index is 433. The molecule has 0 bridgehead atoms. The number of hydrogen-bond acceptors (Lipinski definition) is 4. The summed E-state index contributed by atoms with van der Waals surface area (Å²) in [7, 11) is 1.76. The highest BCUT2D eigenvalue weighted by atomic mass is 79.9. The van der Waals surface area contributed by atoms with Crippen LogP contribution in [0.2, 0.25) is 0 Å². The molecule has 1 atom stereocenters. The van der Waals surface area contributed by atoms with Crippen LogP contribution in [0.5, 0.6) is 0 Å². The number of carbonyl (C=O) groups is 1. The Morgan fingerprint density at radius 2 is 2.06 bits per heavy atom. The zero-order chi connectivity index (χ0) is 13.3. The summed E-state index contributed by atoms with van der Waals surface area (Å²) in [5, 5.41) is 7.79. The lowest BCUT2D eigenvalue weighted by Gasteiger charge is -2.36. The first-order valence-electron chi connectivity index (χ1n) is 6.35. The average molecular weight is 315 g/mol. The van der Waals surface area contributed by atoms with Crippen molar-refractivity contribution in [1.29, 1.82) is 0 Å². The number of nitrogens with zero attached hydrogens (tertiary/aromatic N) is 4. The number of carbonyl (C=O) groups excluding carboxylic acids is 1. The van der Waals surface area contributed by atoms with Crippen molar-refractivity contribution in [1.82, 2.24) is 19.9 Å². The molecule has 1 aliphatic rings. The van der Waals surface area contributed by atoms with Crippen molar-refractivity contribution < 1.29 is 4.79 Å². The molecule has 2 rings (SSSR count). The zero-order valence-electron chi connectivity index (χ0n) is 11.1. The van der Waals surface area contributed by atoms with Gasteiger partial charge in [-0.05, 0) is 55.2 Å². The van der Waals surface area contributed by atoms with E-state index in [1.54, 1.807) is 11.7 Å². The number of hydrogen-bond donors (Lipinski definition) is 0. The van der Waals surface area contributed by atoms with E-state index >= 15 is 0 Å². The average Bonchev–Trinajstić information content (AvgIpc) is 2.98. The fourth-order valence-corrected chi connectivity index (χ4v) is 3.07. The van der Waals surface area contributed by atoms with Crippen molar-refractivity contribution in [2.24, 2.45) is 7.05 Å². The topological polar surface area (TPSA) is 51.0 Å². The van der Waals surface area contributed by atoms with Gasteiger partial charge in [-0.25, -0.2) is 4.68 Å². The van der Waals surface area contributed by atoms with Crippen LogP contribution < -0.4 is 0 Å². The molecule has 1 aromatic rings. The van der Waals surface area contributed by atoms with Crippen LogP contribution in [0, 0.1) is 0 Å². The number of Topliss-reactive ketones (excluding diaryl/α,β-unsaturated/α-hetero) is 1. The summed E-state index contributed by atoms with van der Waals surface area (Å²) >= 11 is 3.31. The molecule has 1 fully saturated rings. The lowest BCUT2D eigenvalue weighted by Crippen LogP contribution is -2.51. The first-order chi connectivity index (χ1) is 8.50. The Kier molecular flexibility index (Phi) is 3.87. The number of likely N-dealkylation sites (tertiary alicyclic amines) is 1. The molecule has 6 heteroatoms. The molecular weight excluding hydrogens is 296 g/mol. The van der Waals surface area contributed by atoms with Crippen LogP contribution in [-0.4, -0.2) is 44.3 Å². The van der Waals surface area contributed by atoms with Gasteiger partial charge in [0.2, 0.25) is 5.78 Å². The molecule has 100 valence electrons. The summed E-state index contributed by atoms with van der Waals surface area (Å²) in [5.41, 5.74) is 0.111. The predicted octanol–water partition coefficient (Wildman–Crippen LogP) is 2.02. The Morgan fingerprint density at radius 3 is 2.50 bits per heavy atom. The molecule has 18 heavy (non-hydrogen) atoms. The highest BCUT2D eigenvalue weighted by Gasteiger charge is 2.41. The van der Waals surface area contributed by atoms with Gasteiger partial charge in [-0.3, -0.25) is 9.69 Å². The van der Waals surface area contributed by atoms with Gasteiger partial charge in [-0.1, -0.05) is 12.1 Å². The fraction of sp³-hybridized carbons (Fsp3) is 0.750. The van der Waals surface area contributed by atoms with Crippen LogP contribution in [0.1, 0.15) is 43.6 Å². The van der Waals surface area contributed by atoms with E-state index < -0.39 is 5.54 Å². The lowest BCUT2D eigenvalue weighted by molar-refractivity contribution is 0.0636. The molecule has 0 aromatic carbocycles. The van der Waals surface area contributed by atoms with Crippen LogP contribution in [0.3, 0.4) is 0 Å². The largest absolute Gasteiger partial charge is 0.291 e. The molecular formula is C12H19BrN4O. The van der Waals surface area contributed by atoms with Crippen molar-refractivity contribution in [3.63, 3.8) is 0 Å². The second-order valence-corrected chi connectivity index (χ2v) is 5.75. The summed E-state index contributed by atoms with van der Waals surface area (Å²) in [4.78, 5) is 15.1. The van der Waals surface area contributed by atoms with E-state index in [9.17, 15) is 4.79 Å². The maximum absolute atomic E-state index is 12.8. The fourth-order valence-electron chi connectivity index (χ4n) is 2.57. The third-order valence-corrected chi connectivity index (χ3v) is 4.52. The van der Waals surface area contributed by atoms with Crippen molar-refractivity contribution in [3.8, 4) is 0 Å². The Balaban J connectivity index is 2.35. The third kappa shape index (κ3) is 2.12. The van der Waals surface area contributed by atoms with E-state index in [1.807, 2.05) is 6.92 Å². The third-order valence-electron chi connectivity index (χ3n) is 3.98. The number of rotatable bonds is 4. The van der Waals surface area contributed by atoms with Crippen LogP contribution in [0.25, 0.3) is 0 Å². The summed E-state index contributed by atoms with van der Waals surface area (Å²) in [6.45, 7) is 6.09. The van der Waals surface area contributed by atoms with Crippen LogP contribution in [0.4, 0.5) is 0 Å². The van der Waals surface area contributed by atoms with Crippen LogP contribution in [0.15, 0.2) is 4.60 Å². The van der Waals surface area contributed by atoms with E-state index in [4.69, 9.17) is 0 Å². The molecule has 0 spiro atoms. The predicted molar refractivity (Wildman–Crippen MR) is 72.5 cm³/mol. The minimum absolute atomic E-state index is 0.103. The van der Waals surface area contributed by atoms with Gasteiger partial charge >= 0.3 is 0 Å². The van der Waals surface area contributed by atoms with Gasteiger partial charge in [-0.15, -0.1) is 5.10 Å². The molecule has 1 unspecified atom stereocenters. The Morgan fingerprint density at radius 1 is 1.44 bits per heavy atom. The Labute approximate surface area is 116 Å². The monoisotopic (exact) mass is 314 g/mol. The molecule has 0 amide bonds. The lowest BCUT2D eigenvalue weighted by atomic mass is 9.89. The molecule has 1 aromatic heterocycles. The SMILES string of the molecule is CCC(C)(C(=O)c1c(Br)nnn1C)N1CCCC1. The van der Waals surface area contributed by atoms with Crippen LogP contribution >= 0.6 is 15.9 Å². The van der Waals surface area contributed by atoms with E-state index in [2.05, 4.69) is 38.1 Å². The molecule has 1 saturated heterocycles. The molecule has 0 saturated carbocycles. The summed E-state index contributed by atoms with van der Waals surface area (Å²) in [6, 6.07) is 0. The molecule has 5 nitrogen and oxygen atoms in total. The maximum Gasteiger partial charge on any atom is 0.203 e. The Hall–Kier alpha value is -0.750. The molecule has 1 aliphatic heterocycles. The van der Waals surface area contributed by atoms with Crippen molar-refractivity contribution in [3.05, 3.63) is 10.3 Å². The number of halogens is 1. The highest BCUT2D eigenvalue weighted by Crippen LogP contribution is 2.29. The van der Waals surface area contributed by atoms with Gasteiger partial charge in [0.05, 0.1) is 5.54 Å². The van der Waals surface area contributed by atoms with E-state index in [0.717, 1.165) is 19.5 Å². The second kappa shape index (κ2) is 5.09. The standard InChI is InChI=1S/C12H19BrN4O/c1-4-12(2,17-7-5-6-8-17)10(18)9-11(13)14-15-16(9)3/h4-8H2,1-3H3. The second-order valence-electron chi connectivity index (χ2n) is 5.00. The van der Waals surface area contributed by atoms with Gasteiger partial charge < -0.3 is 0 Å². The quantitative estimate of drug-likeness (QED) is 0.798. The van der Waals surface area contributed by atoms with Gasteiger partial charge in [0, 0.05) is 7.05 Å². The number of ketones is 1. The zero-order valence-corrected chi connectivity index (χ0v) is 12.7. The maximum atomic E-state index is 12.8.